The van der Waals surface area contributed by atoms with Crippen LogP contribution in [0, 0.1) is 17.2 Å². The zero-order chi connectivity index (χ0) is 23.1. The molecule has 3 N–H and O–H groups in total. The van der Waals surface area contributed by atoms with Crippen molar-refractivity contribution in [3.63, 3.8) is 0 Å². The highest BCUT2D eigenvalue weighted by Crippen LogP contribution is 2.43. The van der Waals surface area contributed by atoms with E-state index in [2.05, 4.69) is 26.8 Å². The maximum Gasteiger partial charge on any atom is 0.410 e. The lowest BCUT2D eigenvalue weighted by Crippen LogP contribution is -2.30. The van der Waals surface area contributed by atoms with Gasteiger partial charge in [-0.3, -0.25) is 10.7 Å². The smallest absolute Gasteiger partial charge is 0.410 e. The average Bonchev–Trinajstić information content (AvgIpc) is 3.56. The minimum absolute atomic E-state index is 0.00152. The van der Waals surface area contributed by atoms with Gasteiger partial charge in [-0.2, -0.15) is 0 Å². The van der Waals surface area contributed by atoms with Crippen LogP contribution in [0.25, 0.3) is 22.4 Å². The number of benzene rings is 1. The molecule has 2 heterocycles. The molecule has 5 rings (SSSR count). The van der Waals surface area contributed by atoms with Gasteiger partial charge in [-0.15, -0.1) is 0 Å². The molecule has 33 heavy (non-hydrogen) atoms. The van der Waals surface area contributed by atoms with Gasteiger partial charge in [-0.1, -0.05) is 43.5 Å². The molecule has 2 aliphatic rings. The first kappa shape index (κ1) is 21.8. The molecule has 3 aromatic rings. The van der Waals surface area contributed by atoms with E-state index in [0.717, 1.165) is 42.2 Å². The van der Waals surface area contributed by atoms with Gasteiger partial charge in [0, 0.05) is 23.0 Å². The number of imidazole rings is 1. The van der Waals surface area contributed by atoms with Crippen molar-refractivity contribution in [3.8, 4) is 11.3 Å². The molecule has 0 atom stereocenters. The van der Waals surface area contributed by atoms with Crippen molar-refractivity contribution >= 4 is 34.7 Å². The van der Waals surface area contributed by atoms with Crippen molar-refractivity contribution in [2.45, 2.75) is 57.9 Å². The first-order chi connectivity index (χ1) is 15.9. The highest BCUT2D eigenvalue weighted by Gasteiger charge is 2.33. The fourth-order valence-electron chi connectivity index (χ4n) is 4.77. The van der Waals surface area contributed by atoms with Crippen LogP contribution in [0.4, 0.5) is 4.79 Å². The highest BCUT2D eigenvalue weighted by atomic mass is 35.5. The predicted octanol–water partition coefficient (Wildman–Crippen LogP) is 5.44. The van der Waals surface area contributed by atoms with Gasteiger partial charge in [0.15, 0.2) is 17.3 Å². The van der Waals surface area contributed by atoms with Crippen molar-refractivity contribution in [1.29, 1.82) is 5.41 Å². The second-order valence-electron chi connectivity index (χ2n) is 9.36. The number of nitrogens with one attached hydrogen (secondary N) is 2. The Kier molecular flexibility index (Phi) is 5.78. The monoisotopic (exact) mass is 466 g/mol. The number of aromatic nitrogens is 4. The van der Waals surface area contributed by atoms with E-state index in [9.17, 15) is 4.79 Å². The molecule has 172 valence electrons. The second kappa shape index (κ2) is 8.74. The van der Waals surface area contributed by atoms with Crippen LogP contribution in [0.15, 0.2) is 24.3 Å². The van der Waals surface area contributed by atoms with Gasteiger partial charge >= 0.3 is 6.09 Å². The number of amidine groups is 1. The zero-order valence-corrected chi connectivity index (χ0v) is 19.3. The van der Waals surface area contributed by atoms with Gasteiger partial charge in [0.05, 0.1) is 0 Å². The van der Waals surface area contributed by atoms with Crippen molar-refractivity contribution in [2.24, 2.45) is 11.8 Å². The molecule has 0 radical (unpaired) electrons. The number of nitrogens with zero attached hydrogens (tertiary/aromatic N) is 4. The summed E-state index contributed by atoms with van der Waals surface area (Å²) in [6, 6.07) is 7.41. The van der Waals surface area contributed by atoms with E-state index >= 15 is 0 Å². The van der Waals surface area contributed by atoms with Crippen LogP contribution < -0.4 is 5.32 Å². The first-order valence-electron chi connectivity index (χ1n) is 11.5. The molecule has 9 heteroatoms. The van der Waals surface area contributed by atoms with E-state index in [1.165, 1.54) is 25.7 Å². The van der Waals surface area contributed by atoms with Gasteiger partial charge in [0.2, 0.25) is 0 Å². The number of rotatable bonds is 5. The summed E-state index contributed by atoms with van der Waals surface area (Å²) in [5.74, 6) is 2.42. The van der Waals surface area contributed by atoms with Crippen molar-refractivity contribution in [1.82, 2.24) is 24.8 Å². The summed E-state index contributed by atoms with van der Waals surface area (Å²) in [6.45, 7) is 3.20. The molecule has 2 saturated carbocycles. The Morgan fingerprint density at radius 2 is 1.94 bits per heavy atom. The predicted molar refractivity (Wildman–Crippen MR) is 127 cm³/mol. The van der Waals surface area contributed by atoms with E-state index in [1.807, 2.05) is 18.2 Å². The number of amides is 1. The number of fused-ring (bicyclic) bond motifs is 1. The molecule has 0 spiro atoms. The molecule has 8 nitrogen and oxygen atoms in total. The van der Waals surface area contributed by atoms with Gasteiger partial charge in [0.1, 0.15) is 17.0 Å². The summed E-state index contributed by atoms with van der Waals surface area (Å²) in [5, 5.41) is 19.8. The van der Waals surface area contributed by atoms with Crippen LogP contribution in [0.2, 0.25) is 5.02 Å². The Hall–Kier alpha value is -3.00. The maximum atomic E-state index is 11.1. The summed E-state index contributed by atoms with van der Waals surface area (Å²) in [4.78, 5) is 25.1. The van der Waals surface area contributed by atoms with Crippen LogP contribution >= 0.6 is 11.6 Å². The van der Waals surface area contributed by atoms with E-state index in [-0.39, 0.29) is 11.7 Å². The number of carboxylic acid groups (broad SMARTS) is 1. The minimum atomic E-state index is -1.33. The molecule has 0 aliphatic heterocycles. The Morgan fingerprint density at radius 3 is 2.61 bits per heavy atom. The Labute approximate surface area is 196 Å². The largest absolute Gasteiger partial charge is 0.465 e. The van der Waals surface area contributed by atoms with Gasteiger partial charge in [-0.25, -0.2) is 19.7 Å². The summed E-state index contributed by atoms with van der Waals surface area (Å²) in [6.07, 6.45) is 5.77. The number of hydrogen-bond acceptors (Lipinski definition) is 5. The number of carbonyl (C=O) groups is 1. The lowest BCUT2D eigenvalue weighted by atomic mass is 9.83. The van der Waals surface area contributed by atoms with E-state index < -0.39 is 6.09 Å². The molecule has 0 bridgehead atoms. The quantitative estimate of drug-likeness (QED) is 0.341. The van der Waals surface area contributed by atoms with E-state index in [0.29, 0.717) is 28.2 Å². The van der Waals surface area contributed by atoms with Gasteiger partial charge < -0.3 is 9.67 Å². The average molecular weight is 467 g/mol. The third-order valence-corrected chi connectivity index (χ3v) is 6.94. The third kappa shape index (κ3) is 4.57. The summed E-state index contributed by atoms with van der Waals surface area (Å²) < 4.78 is 2.29. The van der Waals surface area contributed by atoms with Gasteiger partial charge in [-0.05, 0) is 49.7 Å². The number of hydrogen-bond donors (Lipinski definition) is 3. The van der Waals surface area contributed by atoms with Crippen LogP contribution in [0.5, 0.6) is 0 Å². The van der Waals surface area contributed by atoms with E-state index in [1.54, 1.807) is 6.07 Å². The molecule has 2 aromatic heterocycles. The topological polar surface area (TPSA) is 117 Å². The van der Waals surface area contributed by atoms with Crippen LogP contribution in [-0.4, -0.2) is 36.6 Å². The lowest BCUT2D eigenvalue weighted by molar-refractivity contribution is 0.200. The van der Waals surface area contributed by atoms with Crippen LogP contribution in [0.3, 0.4) is 0 Å². The molecule has 2 aliphatic carbocycles. The first-order valence-corrected chi connectivity index (χ1v) is 11.9. The Bertz CT molecular complexity index is 1230. The highest BCUT2D eigenvalue weighted by molar-refractivity contribution is 6.30. The fourth-order valence-corrected chi connectivity index (χ4v) is 4.96. The molecule has 2 fully saturated rings. The Morgan fingerprint density at radius 1 is 1.18 bits per heavy atom. The van der Waals surface area contributed by atoms with Crippen LogP contribution in [0.1, 0.15) is 63.0 Å². The molecular weight excluding hydrogens is 440 g/mol. The molecule has 0 unspecified atom stereocenters. The molecule has 0 saturated heterocycles. The van der Waals surface area contributed by atoms with Gasteiger partial charge in [0.25, 0.3) is 0 Å². The molecule has 1 amide bonds. The Balaban J connectivity index is 1.67. The summed E-state index contributed by atoms with van der Waals surface area (Å²) >= 11 is 6.29. The molecular formula is C24H27ClN6O2. The van der Waals surface area contributed by atoms with Crippen molar-refractivity contribution < 1.29 is 9.90 Å². The minimum Gasteiger partial charge on any atom is -0.465 e. The third-order valence-electron chi connectivity index (χ3n) is 6.70. The summed E-state index contributed by atoms with van der Waals surface area (Å²) in [5.41, 5.74) is 2.75. The number of halogens is 1. The normalized spacial score (nSPS) is 20.7. The fraction of sp³-hybridized carbons (Fsp3) is 0.458. The van der Waals surface area contributed by atoms with Crippen molar-refractivity contribution in [2.75, 3.05) is 0 Å². The second-order valence-corrected chi connectivity index (χ2v) is 9.80. The lowest BCUT2D eigenvalue weighted by Gasteiger charge is -2.27. The molecule has 1 aromatic carbocycles. The van der Waals surface area contributed by atoms with Crippen LogP contribution in [-0.2, 0) is 6.54 Å². The standard InChI is InChI=1S/C24H27ClN6O2/c1-13-5-7-14(8-6-13)12-31-19-18(16-3-2-4-17(25)11-16)27-22(20(26)28-24(32)33)29-21(19)30-23(31)15-9-10-15/h2-4,11,13-15H,5-10,12H2,1H3,(H2,26,28)(H,32,33). The SMILES string of the molecule is CC1CCC(Cn2c(C3CC3)nc3nc(C(=N)NC(=O)O)nc(-c4cccc(Cl)c4)c32)CC1. The zero-order valence-electron chi connectivity index (χ0n) is 18.5. The maximum absolute atomic E-state index is 11.1. The summed E-state index contributed by atoms with van der Waals surface area (Å²) in [7, 11) is 0. The van der Waals surface area contributed by atoms with E-state index in [4.69, 9.17) is 27.1 Å². The van der Waals surface area contributed by atoms with Crippen molar-refractivity contribution in [3.05, 3.63) is 40.9 Å².